The van der Waals surface area contributed by atoms with Gasteiger partial charge in [0.1, 0.15) is 5.75 Å². The van der Waals surface area contributed by atoms with Crippen LogP contribution in [0.25, 0.3) is 0 Å². The summed E-state index contributed by atoms with van der Waals surface area (Å²) in [5.74, 6) is 0.567. The molecule has 0 aromatic heterocycles. The van der Waals surface area contributed by atoms with E-state index in [4.69, 9.17) is 4.74 Å². The van der Waals surface area contributed by atoms with Gasteiger partial charge in [0.15, 0.2) is 0 Å². The SMILES string of the molecule is O=C(Oc1ccc(Br)cc1)N1CCc2ccccc2C1. The summed E-state index contributed by atoms with van der Waals surface area (Å²) in [5, 5.41) is 0. The second kappa shape index (κ2) is 5.67. The maximum absolute atomic E-state index is 12.2. The Balaban J connectivity index is 1.68. The molecular formula is C16H14BrNO2. The highest BCUT2D eigenvalue weighted by Crippen LogP contribution is 2.21. The van der Waals surface area contributed by atoms with Crippen LogP contribution in [0.4, 0.5) is 4.79 Å². The number of benzene rings is 2. The maximum Gasteiger partial charge on any atom is 0.415 e. The van der Waals surface area contributed by atoms with Crippen molar-refractivity contribution >= 4 is 22.0 Å². The molecule has 0 aliphatic carbocycles. The average molecular weight is 332 g/mol. The Bertz CT molecular complexity index is 625. The molecule has 1 aliphatic rings. The topological polar surface area (TPSA) is 29.5 Å². The minimum absolute atomic E-state index is 0.290. The fourth-order valence-electron chi connectivity index (χ4n) is 2.32. The molecule has 1 amide bonds. The molecule has 20 heavy (non-hydrogen) atoms. The van der Waals surface area contributed by atoms with Crippen LogP contribution in [-0.2, 0) is 13.0 Å². The molecule has 0 fully saturated rings. The van der Waals surface area contributed by atoms with Crippen LogP contribution in [-0.4, -0.2) is 17.5 Å². The van der Waals surface area contributed by atoms with E-state index in [1.165, 1.54) is 11.1 Å². The number of carbonyl (C=O) groups excluding carboxylic acids is 1. The number of halogens is 1. The predicted molar refractivity (Wildman–Crippen MR) is 80.7 cm³/mol. The van der Waals surface area contributed by atoms with Crippen LogP contribution in [0, 0.1) is 0 Å². The Labute approximate surface area is 126 Å². The maximum atomic E-state index is 12.2. The first-order chi connectivity index (χ1) is 9.72. The van der Waals surface area contributed by atoms with Crippen LogP contribution in [0.2, 0.25) is 0 Å². The number of carbonyl (C=O) groups is 1. The second-order valence-electron chi connectivity index (χ2n) is 4.76. The molecule has 0 saturated heterocycles. The molecule has 3 rings (SSSR count). The summed E-state index contributed by atoms with van der Waals surface area (Å²) in [6.45, 7) is 1.32. The summed E-state index contributed by atoms with van der Waals surface area (Å²) in [4.78, 5) is 13.9. The van der Waals surface area contributed by atoms with Crippen LogP contribution >= 0.6 is 15.9 Å². The fourth-order valence-corrected chi connectivity index (χ4v) is 2.58. The number of nitrogens with zero attached hydrogens (tertiary/aromatic N) is 1. The Morgan fingerprint density at radius 3 is 2.50 bits per heavy atom. The smallest absolute Gasteiger partial charge is 0.410 e. The summed E-state index contributed by atoms with van der Waals surface area (Å²) in [6.07, 6.45) is 0.591. The van der Waals surface area contributed by atoms with E-state index in [1.807, 2.05) is 24.3 Å². The van der Waals surface area contributed by atoms with Crippen LogP contribution in [0.1, 0.15) is 11.1 Å². The minimum atomic E-state index is -0.290. The lowest BCUT2D eigenvalue weighted by Crippen LogP contribution is -2.37. The Morgan fingerprint density at radius 1 is 1.05 bits per heavy atom. The van der Waals surface area contributed by atoms with Crippen molar-refractivity contribution in [1.82, 2.24) is 4.90 Å². The Kier molecular flexibility index (Phi) is 3.74. The van der Waals surface area contributed by atoms with Gasteiger partial charge >= 0.3 is 6.09 Å². The molecule has 0 spiro atoms. The van der Waals surface area contributed by atoms with Crippen molar-refractivity contribution in [3.63, 3.8) is 0 Å². The number of hydrogen-bond acceptors (Lipinski definition) is 2. The monoisotopic (exact) mass is 331 g/mol. The molecule has 3 nitrogen and oxygen atoms in total. The standard InChI is InChI=1S/C16H14BrNO2/c17-14-5-7-15(8-6-14)20-16(19)18-10-9-12-3-1-2-4-13(12)11-18/h1-8H,9-11H2. The van der Waals surface area contributed by atoms with E-state index < -0.39 is 0 Å². The van der Waals surface area contributed by atoms with Gasteiger partial charge in [-0.1, -0.05) is 40.2 Å². The van der Waals surface area contributed by atoms with Gasteiger partial charge in [0.05, 0.1) is 0 Å². The molecule has 1 aliphatic heterocycles. The molecule has 0 unspecified atom stereocenters. The number of hydrogen-bond donors (Lipinski definition) is 0. The van der Waals surface area contributed by atoms with E-state index in [0.717, 1.165) is 10.9 Å². The molecular weight excluding hydrogens is 318 g/mol. The van der Waals surface area contributed by atoms with Gasteiger partial charge in [-0.3, -0.25) is 0 Å². The molecule has 0 N–H and O–H groups in total. The molecule has 4 heteroatoms. The van der Waals surface area contributed by atoms with E-state index >= 15 is 0 Å². The van der Waals surface area contributed by atoms with Crippen molar-refractivity contribution in [2.75, 3.05) is 6.54 Å². The predicted octanol–water partition coefficient (Wildman–Crippen LogP) is 4.01. The van der Waals surface area contributed by atoms with Crippen LogP contribution in [0.5, 0.6) is 5.75 Å². The van der Waals surface area contributed by atoms with Crippen molar-refractivity contribution in [3.05, 3.63) is 64.1 Å². The first kappa shape index (κ1) is 13.2. The van der Waals surface area contributed by atoms with Gasteiger partial charge in [-0.25, -0.2) is 4.79 Å². The lowest BCUT2D eigenvalue weighted by molar-refractivity contribution is 0.147. The third-order valence-electron chi connectivity index (χ3n) is 3.41. The summed E-state index contributed by atoms with van der Waals surface area (Å²) < 4.78 is 6.35. The first-order valence-electron chi connectivity index (χ1n) is 6.51. The first-order valence-corrected chi connectivity index (χ1v) is 7.31. The average Bonchev–Trinajstić information content (AvgIpc) is 2.49. The molecule has 102 valence electrons. The molecule has 0 radical (unpaired) electrons. The summed E-state index contributed by atoms with van der Waals surface area (Å²) in [6, 6.07) is 15.5. The Morgan fingerprint density at radius 2 is 1.75 bits per heavy atom. The largest absolute Gasteiger partial charge is 0.415 e. The lowest BCUT2D eigenvalue weighted by atomic mass is 10.0. The lowest BCUT2D eigenvalue weighted by Gasteiger charge is -2.27. The van der Waals surface area contributed by atoms with E-state index in [2.05, 4.69) is 28.1 Å². The normalized spacial score (nSPS) is 13.8. The zero-order chi connectivity index (χ0) is 13.9. The third kappa shape index (κ3) is 2.85. The van der Waals surface area contributed by atoms with Gasteiger partial charge in [0.25, 0.3) is 0 Å². The van der Waals surface area contributed by atoms with Crippen molar-refractivity contribution < 1.29 is 9.53 Å². The van der Waals surface area contributed by atoms with Crippen LogP contribution < -0.4 is 4.74 Å². The highest BCUT2D eigenvalue weighted by molar-refractivity contribution is 9.10. The highest BCUT2D eigenvalue weighted by atomic mass is 79.9. The van der Waals surface area contributed by atoms with Crippen molar-refractivity contribution in [2.24, 2.45) is 0 Å². The number of fused-ring (bicyclic) bond motifs is 1. The number of amides is 1. The van der Waals surface area contributed by atoms with Crippen molar-refractivity contribution in [3.8, 4) is 5.75 Å². The summed E-state index contributed by atoms with van der Waals surface area (Å²) in [5.41, 5.74) is 2.52. The van der Waals surface area contributed by atoms with Gasteiger partial charge in [-0.15, -0.1) is 0 Å². The van der Waals surface area contributed by atoms with E-state index in [9.17, 15) is 4.79 Å². The third-order valence-corrected chi connectivity index (χ3v) is 3.94. The highest BCUT2D eigenvalue weighted by Gasteiger charge is 2.21. The number of ether oxygens (including phenoxy) is 1. The van der Waals surface area contributed by atoms with Gasteiger partial charge in [0, 0.05) is 17.6 Å². The molecule has 2 aromatic rings. The molecule has 0 bridgehead atoms. The summed E-state index contributed by atoms with van der Waals surface area (Å²) in [7, 11) is 0. The fraction of sp³-hybridized carbons (Fsp3) is 0.188. The van der Waals surface area contributed by atoms with Gasteiger partial charge in [-0.05, 0) is 41.8 Å². The molecule has 1 heterocycles. The second-order valence-corrected chi connectivity index (χ2v) is 5.68. The zero-order valence-corrected chi connectivity index (χ0v) is 12.5. The molecule has 2 aromatic carbocycles. The van der Waals surface area contributed by atoms with Crippen molar-refractivity contribution in [1.29, 1.82) is 0 Å². The van der Waals surface area contributed by atoms with Crippen molar-refractivity contribution in [2.45, 2.75) is 13.0 Å². The van der Waals surface area contributed by atoms with E-state index in [0.29, 0.717) is 18.8 Å². The van der Waals surface area contributed by atoms with Gasteiger partial charge in [-0.2, -0.15) is 0 Å². The minimum Gasteiger partial charge on any atom is -0.410 e. The zero-order valence-electron chi connectivity index (χ0n) is 10.9. The molecule has 0 saturated carbocycles. The quantitative estimate of drug-likeness (QED) is 0.790. The summed E-state index contributed by atoms with van der Waals surface area (Å²) >= 11 is 3.36. The van der Waals surface area contributed by atoms with Crippen LogP contribution in [0.3, 0.4) is 0 Å². The number of rotatable bonds is 1. The van der Waals surface area contributed by atoms with E-state index in [-0.39, 0.29) is 6.09 Å². The molecule has 0 atom stereocenters. The van der Waals surface area contributed by atoms with Crippen LogP contribution in [0.15, 0.2) is 53.0 Å². The van der Waals surface area contributed by atoms with Gasteiger partial charge in [0.2, 0.25) is 0 Å². The van der Waals surface area contributed by atoms with E-state index in [1.54, 1.807) is 17.0 Å². The van der Waals surface area contributed by atoms with Gasteiger partial charge < -0.3 is 9.64 Å². The Hall–Kier alpha value is -1.81.